The van der Waals surface area contributed by atoms with E-state index < -0.39 is 21.6 Å². The number of benzene rings is 2. The molecule has 0 spiro atoms. The van der Waals surface area contributed by atoms with Crippen LogP contribution < -0.4 is 0 Å². The van der Waals surface area contributed by atoms with Crippen molar-refractivity contribution in [1.82, 2.24) is 0 Å². The van der Waals surface area contributed by atoms with E-state index in [4.69, 9.17) is 4.74 Å². The SMILES string of the molecule is CCOC(=O)/C(=C/c1ccccc1)CS(=O)(=O)c1ccc(C)cc1. The van der Waals surface area contributed by atoms with Gasteiger partial charge in [-0.15, -0.1) is 0 Å². The van der Waals surface area contributed by atoms with Gasteiger partial charge in [-0.25, -0.2) is 13.2 Å². The van der Waals surface area contributed by atoms with Crippen LogP contribution >= 0.6 is 0 Å². The molecule has 0 aromatic heterocycles. The van der Waals surface area contributed by atoms with Crippen molar-refractivity contribution >= 4 is 21.9 Å². The lowest BCUT2D eigenvalue weighted by atomic mass is 10.1. The molecule has 0 atom stereocenters. The predicted molar refractivity (Wildman–Crippen MR) is 94.3 cm³/mol. The van der Waals surface area contributed by atoms with Crippen molar-refractivity contribution < 1.29 is 17.9 Å². The van der Waals surface area contributed by atoms with E-state index in [2.05, 4.69) is 0 Å². The summed E-state index contributed by atoms with van der Waals surface area (Å²) in [5, 5.41) is 0. The van der Waals surface area contributed by atoms with E-state index in [9.17, 15) is 13.2 Å². The summed E-state index contributed by atoms with van der Waals surface area (Å²) in [7, 11) is -3.63. The molecule has 5 heteroatoms. The number of esters is 1. The first-order valence-corrected chi connectivity index (χ1v) is 9.30. The van der Waals surface area contributed by atoms with Crippen LogP contribution in [0.2, 0.25) is 0 Å². The fraction of sp³-hybridized carbons (Fsp3) is 0.211. The second-order valence-corrected chi connectivity index (χ2v) is 7.36. The topological polar surface area (TPSA) is 60.4 Å². The average molecular weight is 344 g/mol. The molecular formula is C19H20O4S. The molecule has 0 fully saturated rings. The van der Waals surface area contributed by atoms with E-state index in [-0.39, 0.29) is 17.1 Å². The van der Waals surface area contributed by atoms with Crippen LogP contribution in [0.25, 0.3) is 6.08 Å². The number of carbonyl (C=O) groups excluding carboxylic acids is 1. The maximum absolute atomic E-state index is 12.6. The fourth-order valence-electron chi connectivity index (χ4n) is 2.17. The Morgan fingerprint density at radius 1 is 1.04 bits per heavy atom. The van der Waals surface area contributed by atoms with Gasteiger partial charge >= 0.3 is 5.97 Å². The van der Waals surface area contributed by atoms with Crippen molar-refractivity contribution in [2.45, 2.75) is 18.7 Å². The van der Waals surface area contributed by atoms with Gasteiger partial charge in [-0.3, -0.25) is 0 Å². The first kappa shape index (κ1) is 17.9. The molecular weight excluding hydrogens is 324 g/mol. The predicted octanol–water partition coefficient (Wildman–Crippen LogP) is 3.42. The molecule has 24 heavy (non-hydrogen) atoms. The highest BCUT2D eigenvalue weighted by Crippen LogP contribution is 2.18. The van der Waals surface area contributed by atoms with E-state index in [1.165, 1.54) is 0 Å². The van der Waals surface area contributed by atoms with Gasteiger partial charge in [0, 0.05) is 0 Å². The number of carbonyl (C=O) groups is 1. The minimum absolute atomic E-state index is 0.114. The van der Waals surface area contributed by atoms with Crippen LogP contribution in [0.15, 0.2) is 65.1 Å². The van der Waals surface area contributed by atoms with Crippen molar-refractivity contribution in [2.24, 2.45) is 0 Å². The maximum Gasteiger partial charge on any atom is 0.335 e. The molecule has 0 saturated carbocycles. The van der Waals surface area contributed by atoms with Crippen LogP contribution in [0.4, 0.5) is 0 Å². The highest BCUT2D eigenvalue weighted by Gasteiger charge is 2.22. The van der Waals surface area contributed by atoms with Crippen LogP contribution in [0.5, 0.6) is 0 Å². The molecule has 0 bridgehead atoms. The largest absolute Gasteiger partial charge is 0.463 e. The standard InChI is InChI=1S/C19H20O4S/c1-3-23-19(20)17(13-16-7-5-4-6-8-16)14-24(21,22)18-11-9-15(2)10-12-18/h4-13H,3,14H2,1-2H3/b17-13+. The van der Waals surface area contributed by atoms with E-state index in [0.717, 1.165) is 11.1 Å². The Kier molecular flexibility index (Phi) is 5.93. The number of hydrogen-bond donors (Lipinski definition) is 0. The Balaban J connectivity index is 2.36. The summed E-state index contributed by atoms with van der Waals surface area (Å²) in [6, 6.07) is 15.7. The van der Waals surface area contributed by atoms with Gasteiger partial charge in [0.25, 0.3) is 0 Å². The number of sulfone groups is 1. The normalized spacial score (nSPS) is 12.0. The van der Waals surface area contributed by atoms with Gasteiger partial charge in [-0.2, -0.15) is 0 Å². The maximum atomic E-state index is 12.6. The lowest BCUT2D eigenvalue weighted by Gasteiger charge is -2.09. The summed E-state index contributed by atoms with van der Waals surface area (Å²) in [5.74, 6) is -1.01. The average Bonchev–Trinajstić information content (AvgIpc) is 2.55. The van der Waals surface area contributed by atoms with Crippen molar-refractivity contribution in [3.8, 4) is 0 Å². The Morgan fingerprint density at radius 2 is 1.67 bits per heavy atom. The van der Waals surface area contributed by atoms with Crippen molar-refractivity contribution in [3.05, 3.63) is 71.3 Å². The summed E-state index contributed by atoms with van der Waals surface area (Å²) in [5.41, 5.74) is 1.84. The third-order valence-corrected chi connectivity index (χ3v) is 5.09. The van der Waals surface area contributed by atoms with Gasteiger partial charge in [-0.1, -0.05) is 48.0 Å². The summed E-state index contributed by atoms with van der Waals surface area (Å²) >= 11 is 0. The highest BCUT2D eigenvalue weighted by molar-refractivity contribution is 7.91. The second kappa shape index (κ2) is 7.93. The molecule has 0 radical (unpaired) electrons. The lowest BCUT2D eigenvalue weighted by Crippen LogP contribution is -2.17. The summed E-state index contributed by atoms with van der Waals surface area (Å²) in [6.07, 6.45) is 1.56. The summed E-state index contributed by atoms with van der Waals surface area (Å²) in [4.78, 5) is 12.3. The van der Waals surface area contributed by atoms with Crippen LogP contribution in [0.3, 0.4) is 0 Å². The number of ether oxygens (including phenoxy) is 1. The zero-order valence-electron chi connectivity index (χ0n) is 13.7. The molecule has 0 saturated heterocycles. The van der Waals surface area contributed by atoms with E-state index in [1.807, 2.05) is 25.1 Å². The molecule has 126 valence electrons. The van der Waals surface area contributed by atoms with Crippen LogP contribution in [0, 0.1) is 6.92 Å². The fourth-order valence-corrected chi connectivity index (χ4v) is 3.50. The zero-order chi connectivity index (χ0) is 17.6. The lowest BCUT2D eigenvalue weighted by molar-refractivity contribution is -0.138. The second-order valence-electron chi connectivity index (χ2n) is 5.37. The van der Waals surface area contributed by atoms with Gasteiger partial charge in [0.1, 0.15) is 0 Å². The van der Waals surface area contributed by atoms with E-state index >= 15 is 0 Å². The van der Waals surface area contributed by atoms with Crippen LogP contribution in [0.1, 0.15) is 18.1 Å². The molecule has 2 aromatic rings. The van der Waals surface area contributed by atoms with Gasteiger partial charge in [0.15, 0.2) is 9.84 Å². The smallest absolute Gasteiger partial charge is 0.335 e. The molecule has 2 aromatic carbocycles. The van der Waals surface area contributed by atoms with Gasteiger partial charge < -0.3 is 4.74 Å². The van der Waals surface area contributed by atoms with Crippen LogP contribution in [-0.4, -0.2) is 26.7 Å². The van der Waals surface area contributed by atoms with Crippen molar-refractivity contribution in [2.75, 3.05) is 12.4 Å². The number of rotatable bonds is 6. The Bertz CT molecular complexity index is 819. The molecule has 0 aliphatic carbocycles. The molecule has 0 aliphatic rings. The monoisotopic (exact) mass is 344 g/mol. The van der Waals surface area contributed by atoms with Gasteiger partial charge in [-0.05, 0) is 37.6 Å². The number of hydrogen-bond acceptors (Lipinski definition) is 4. The van der Waals surface area contributed by atoms with Crippen molar-refractivity contribution in [1.29, 1.82) is 0 Å². The summed E-state index contributed by atoms with van der Waals surface area (Å²) in [6.45, 7) is 3.76. The molecule has 0 aliphatic heterocycles. The number of aryl methyl sites for hydroxylation is 1. The quantitative estimate of drug-likeness (QED) is 0.595. The Hall–Kier alpha value is -2.40. The van der Waals surface area contributed by atoms with Gasteiger partial charge in [0.05, 0.1) is 22.8 Å². The van der Waals surface area contributed by atoms with Gasteiger partial charge in [0.2, 0.25) is 0 Å². The molecule has 2 rings (SSSR count). The first-order valence-electron chi connectivity index (χ1n) is 7.64. The molecule has 0 N–H and O–H groups in total. The van der Waals surface area contributed by atoms with E-state index in [0.29, 0.717) is 0 Å². The van der Waals surface area contributed by atoms with E-state index in [1.54, 1.807) is 49.4 Å². The van der Waals surface area contributed by atoms with Crippen molar-refractivity contribution in [3.63, 3.8) is 0 Å². The molecule has 0 amide bonds. The minimum atomic E-state index is -3.63. The first-order chi connectivity index (χ1) is 11.4. The minimum Gasteiger partial charge on any atom is -0.463 e. The molecule has 0 unspecified atom stereocenters. The third kappa shape index (κ3) is 4.80. The highest BCUT2D eigenvalue weighted by atomic mass is 32.2. The summed E-state index contributed by atoms with van der Waals surface area (Å²) < 4.78 is 30.2. The Morgan fingerprint density at radius 3 is 2.25 bits per heavy atom. The van der Waals surface area contributed by atoms with Crippen LogP contribution in [-0.2, 0) is 19.4 Å². The third-order valence-electron chi connectivity index (χ3n) is 3.40. The molecule has 4 nitrogen and oxygen atoms in total. The Labute approximate surface area is 142 Å². The molecule has 0 heterocycles. The zero-order valence-corrected chi connectivity index (χ0v) is 14.5.